The summed E-state index contributed by atoms with van der Waals surface area (Å²) in [6.45, 7) is 4.08. The Morgan fingerprint density at radius 2 is 2.31 bits per heavy atom. The molecule has 0 amide bonds. The molecule has 1 N–H and O–H groups in total. The highest BCUT2D eigenvalue weighted by atomic mass is 16.4. The van der Waals surface area contributed by atoms with Gasteiger partial charge in [0.15, 0.2) is 0 Å². The normalized spacial score (nSPS) is 27.1. The molecule has 1 aromatic rings. The van der Waals surface area contributed by atoms with Crippen LogP contribution in [0.2, 0.25) is 0 Å². The topological polar surface area (TPSA) is 57.2 Å². The lowest BCUT2D eigenvalue weighted by atomic mass is 10.00. The first-order valence-corrected chi connectivity index (χ1v) is 5.84. The van der Waals surface area contributed by atoms with Crippen LogP contribution in [0.25, 0.3) is 0 Å². The molecule has 1 aliphatic rings. The van der Waals surface area contributed by atoms with Crippen LogP contribution in [0, 0.1) is 23.2 Å². The Hall–Kier alpha value is -1.27. The van der Waals surface area contributed by atoms with Gasteiger partial charge < -0.3 is 9.52 Å². The van der Waals surface area contributed by atoms with Crippen molar-refractivity contribution in [2.75, 3.05) is 0 Å². The number of hydrogen-bond acceptors (Lipinski definition) is 3. The van der Waals surface area contributed by atoms with E-state index in [0.717, 1.165) is 5.76 Å². The lowest BCUT2D eigenvalue weighted by Gasteiger charge is -2.11. The van der Waals surface area contributed by atoms with Crippen LogP contribution in [0.1, 0.15) is 50.2 Å². The number of nitrogens with zero attached hydrogens (tertiary/aromatic N) is 1. The molecule has 1 heterocycles. The third-order valence-corrected chi connectivity index (χ3v) is 3.40. The van der Waals surface area contributed by atoms with Crippen LogP contribution in [-0.2, 0) is 0 Å². The van der Waals surface area contributed by atoms with E-state index in [1.165, 1.54) is 6.42 Å². The Balaban J connectivity index is 2.09. The summed E-state index contributed by atoms with van der Waals surface area (Å²) in [6, 6.07) is 5.83. The molecule has 1 saturated carbocycles. The molecule has 2 rings (SSSR count). The van der Waals surface area contributed by atoms with Gasteiger partial charge in [0.2, 0.25) is 0 Å². The van der Waals surface area contributed by atoms with Gasteiger partial charge in [-0.1, -0.05) is 13.8 Å². The van der Waals surface area contributed by atoms with Gasteiger partial charge in [0.1, 0.15) is 17.6 Å². The lowest BCUT2D eigenvalue weighted by molar-refractivity contribution is 0.106. The maximum Gasteiger partial charge on any atom is 0.134 e. The molecule has 0 bridgehead atoms. The minimum Gasteiger partial charge on any atom is -0.463 e. The standard InChI is InChI=1S/C13H17NO2/c1-3-9(7-14)13(15)12-5-4-11(16-12)10-6-8(10)2/h4-5,8-10,13,15H,3,6H2,1-2H3. The highest BCUT2D eigenvalue weighted by molar-refractivity contribution is 5.19. The molecule has 4 unspecified atom stereocenters. The Morgan fingerprint density at radius 3 is 2.81 bits per heavy atom. The molecular formula is C13H17NO2. The van der Waals surface area contributed by atoms with Crippen molar-refractivity contribution in [3.63, 3.8) is 0 Å². The second kappa shape index (κ2) is 4.31. The van der Waals surface area contributed by atoms with Gasteiger partial charge in [0.25, 0.3) is 0 Å². The van der Waals surface area contributed by atoms with Crippen LogP contribution in [0.5, 0.6) is 0 Å². The first-order chi connectivity index (χ1) is 7.67. The van der Waals surface area contributed by atoms with Gasteiger partial charge in [-0.05, 0) is 30.9 Å². The smallest absolute Gasteiger partial charge is 0.134 e. The van der Waals surface area contributed by atoms with Crippen molar-refractivity contribution in [1.82, 2.24) is 0 Å². The molecule has 1 fully saturated rings. The zero-order valence-electron chi connectivity index (χ0n) is 9.68. The van der Waals surface area contributed by atoms with Crippen LogP contribution >= 0.6 is 0 Å². The van der Waals surface area contributed by atoms with Crippen molar-refractivity contribution in [3.8, 4) is 6.07 Å². The molecule has 0 spiro atoms. The molecule has 1 aromatic heterocycles. The fraction of sp³-hybridized carbons (Fsp3) is 0.615. The van der Waals surface area contributed by atoms with E-state index in [1.54, 1.807) is 6.07 Å². The van der Waals surface area contributed by atoms with E-state index in [2.05, 4.69) is 13.0 Å². The van der Waals surface area contributed by atoms with Crippen molar-refractivity contribution in [2.45, 2.75) is 38.7 Å². The minimum absolute atomic E-state index is 0.379. The second-order valence-electron chi connectivity index (χ2n) is 4.65. The predicted octanol–water partition coefficient (Wildman–Crippen LogP) is 2.99. The summed E-state index contributed by atoms with van der Waals surface area (Å²) in [5, 5.41) is 18.8. The first-order valence-electron chi connectivity index (χ1n) is 5.84. The van der Waals surface area contributed by atoms with Crippen LogP contribution < -0.4 is 0 Å². The molecule has 0 aromatic carbocycles. The Labute approximate surface area is 95.7 Å². The van der Waals surface area contributed by atoms with Crippen molar-refractivity contribution >= 4 is 0 Å². The molecule has 86 valence electrons. The van der Waals surface area contributed by atoms with Gasteiger partial charge in [-0.15, -0.1) is 0 Å². The van der Waals surface area contributed by atoms with Gasteiger partial charge in [-0.3, -0.25) is 0 Å². The summed E-state index contributed by atoms with van der Waals surface area (Å²) in [5.41, 5.74) is 0. The van der Waals surface area contributed by atoms with Crippen molar-refractivity contribution in [1.29, 1.82) is 5.26 Å². The second-order valence-corrected chi connectivity index (χ2v) is 4.65. The van der Waals surface area contributed by atoms with Gasteiger partial charge in [0.05, 0.1) is 12.0 Å². The van der Waals surface area contributed by atoms with Crippen molar-refractivity contribution in [2.24, 2.45) is 11.8 Å². The van der Waals surface area contributed by atoms with Crippen LogP contribution in [0.4, 0.5) is 0 Å². The third kappa shape index (κ3) is 1.98. The summed E-state index contributed by atoms with van der Waals surface area (Å²) in [5.74, 6) is 2.31. The molecule has 4 atom stereocenters. The summed E-state index contributed by atoms with van der Waals surface area (Å²) in [6.07, 6.45) is 1.00. The maximum atomic E-state index is 9.95. The van der Waals surface area contributed by atoms with Crippen molar-refractivity contribution in [3.05, 3.63) is 23.7 Å². The number of nitriles is 1. The van der Waals surface area contributed by atoms with E-state index >= 15 is 0 Å². The summed E-state index contributed by atoms with van der Waals surface area (Å²) in [7, 11) is 0. The van der Waals surface area contributed by atoms with Gasteiger partial charge >= 0.3 is 0 Å². The van der Waals surface area contributed by atoms with E-state index in [0.29, 0.717) is 24.0 Å². The molecule has 0 radical (unpaired) electrons. The summed E-state index contributed by atoms with van der Waals surface area (Å²) < 4.78 is 5.62. The molecule has 1 aliphatic carbocycles. The molecule has 0 aliphatic heterocycles. The Kier molecular flexibility index (Phi) is 3.02. The van der Waals surface area contributed by atoms with Gasteiger partial charge in [-0.2, -0.15) is 5.26 Å². The fourth-order valence-electron chi connectivity index (χ4n) is 2.03. The maximum absolute atomic E-state index is 9.95. The zero-order valence-corrected chi connectivity index (χ0v) is 9.68. The molecule has 0 saturated heterocycles. The number of aliphatic hydroxyl groups is 1. The number of aliphatic hydroxyl groups excluding tert-OH is 1. The predicted molar refractivity (Wildman–Crippen MR) is 59.6 cm³/mol. The number of hydrogen-bond donors (Lipinski definition) is 1. The first kappa shape index (κ1) is 11.2. The summed E-state index contributed by atoms with van der Waals surface area (Å²) in [4.78, 5) is 0. The van der Waals surface area contributed by atoms with E-state index in [4.69, 9.17) is 9.68 Å². The highest BCUT2D eigenvalue weighted by Gasteiger charge is 2.37. The Morgan fingerprint density at radius 1 is 1.62 bits per heavy atom. The van der Waals surface area contributed by atoms with Crippen molar-refractivity contribution < 1.29 is 9.52 Å². The Bertz CT molecular complexity index is 404. The number of furan rings is 1. The lowest BCUT2D eigenvalue weighted by Crippen LogP contribution is -2.08. The van der Waals surface area contributed by atoms with Gasteiger partial charge in [0, 0.05) is 5.92 Å². The average Bonchev–Trinajstić information content (AvgIpc) is 2.83. The van der Waals surface area contributed by atoms with Crippen LogP contribution in [0.3, 0.4) is 0 Å². The quantitative estimate of drug-likeness (QED) is 0.846. The zero-order chi connectivity index (χ0) is 11.7. The molecule has 16 heavy (non-hydrogen) atoms. The average molecular weight is 219 g/mol. The SMILES string of the molecule is CCC(C#N)C(O)c1ccc(C2CC2C)o1. The van der Waals surface area contributed by atoms with E-state index in [9.17, 15) is 5.11 Å². The van der Waals surface area contributed by atoms with Gasteiger partial charge in [-0.25, -0.2) is 0 Å². The monoisotopic (exact) mass is 219 g/mol. The summed E-state index contributed by atoms with van der Waals surface area (Å²) >= 11 is 0. The highest BCUT2D eigenvalue weighted by Crippen LogP contribution is 2.47. The number of rotatable bonds is 4. The minimum atomic E-state index is -0.794. The van der Waals surface area contributed by atoms with E-state index in [1.807, 2.05) is 13.0 Å². The van der Waals surface area contributed by atoms with E-state index < -0.39 is 6.10 Å². The largest absolute Gasteiger partial charge is 0.463 e. The van der Waals surface area contributed by atoms with E-state index in [-0.39, 0.29) is 5.92 Å². The molecular weight excluding hydrogens is 202 g/mol. The fourth-order valence-corrected chi connectivity index (χ4v) is 2.03. The molecule has 3 heteroatoms. The molecule has 3 nitrogen and oxygen atoms in total. The third-order valence-electron chi connectivity index (χ3n) is 3.40. The van der Waals surface area contributed by atoms with Crippen LogP contribution in [0.15, 0.2) is 16.5 Å². The van der Waals surface area contributed by atoms with Crippen LogP contribution in [-0.4, -0.2) is 5.11 Å².